The van der Waals surface area contributed by atoms with Crippen molar-refractivity contribution in [1.82, 2.24) is 38.2 Å². The van der Waals surface area contributed by atoms with Crippen molar-refractivity contribution in [2.75, 3.05) is 6.61 Å². The number of hydrogen-bond acceptors (Lipinski definition) is 12. The molecule has 618 valence electrons. The van der Waals surface area contributed by atoms with Crippen LogP contribution < -0.4 is 27.0 Å². The molecule has 29 heteroatoms. The van der Waals surface area contributed by atoms with Gasteiger partial charge in [-0.25, -0.2) is 41.1 Å². The Morgan fingerprint density at radius 2 is 0.823 bits per heavy atom. The van der Waals surface area contributed by atoms with Gasteiger partial charge in [0.2, 0.25) is 0 Å². The number of aromatic amines is 4. The highest BCUT2D eigenvalue weighted by Crippen LogP contribution is 2.47. The molecule has 8 N–H and O–H groups in total. The summed E-state index contributed by atoms with van der Waals surface area (Å²) in [4.78, 5) is 111. The lowest BCUT2D eigenvalue weighted by Crippen LogP contribution is -2.14. The van der Waals surface area contributed by atoms with Crippen molar-refractivity contribution in [2.45, 2.75) is 52.9 Å². The summed E-state index contributed by atoms with van der Waals surface area (Å²) in [7, 11) is 0. The Kier molecular flexibility index (Phi) is 21.2. The summed E-state index contributed by atoms with van der Waals surface area (Å²) in [5.41, 5.74) is 7.71. The van der Waals surface area contributed by atoms with Crippen LogP contribution in [0.4, 0.5) is 22.0 Å². The fourth-order valence-corrected chi connectivity index (χ4v) is 16.6. The van der Waals surface area contributed by atoms with Gasteiger partial charge in [-0.3, -0.25) is 19.2 Å². The Hall–Kier alpha value is -16.3. The van der Waals surface area contributed by atoms with Gasteiger partial charge < -0.3 is 76.6 Å². The summed E-state index contributed by atoms with van der Waals surface area (Å²) >= 11 is 0. The number of pyridine rings is 4. The highest BCUT2D eigenvalue weighted by molar-refractivity contribution is 6.20. The second-order valence-corrected chi connectivity index (χ2v) is 29.2. The number of H-pyrrole nitrogens is 4. The van der Waals surface area contributed by atoms with Crippen molar-refractivity contribution >= 4 is 100 Å². The normalized spacial score (nSPS) is 11.7. The Labute approximate surface area is 694 Å². The largest absolute Gasteiger partial charge is 0.492 e. The maximum absolute atomic E-state index is 14.5. The van der Waals surface area contributed by atoms with Crippen LogP contribution in [-0.4, -0.2) is 89.1 Å². The Bertz CT molecular complexity index is 7840. The number of aryl methyl sites for hydroxylation is 2. The van der Waals surface area contributed by atoms with Gasteiger partial charge in [-0.05, 0) is 181 Å². The quantitative estimate of drug-likeness (QED) is 0.0393. The molecule has 0 saturated carbocycles. The molecule has 12 heterocycles. The number of rotatable bonds is 17. The highest BCUT2D eigenvalue weighted by Gasteiger charge is 2.35. The van der Waals surface area contributed by atoms with Crippen LogP contribution >= 0.6 is 0 Å². The molecule has 0 amide bonds. The third kappa shape index (κ3) is 14.3. The zero-order valence-corrected chi connectivity index (χ0v) is 65.3. The molecule has 0 spiro atoms. The second kappa shape index (κ2) is 32.8. The average molecular weight is 1670 g/mol. The van der Waals surface area contributed by atoms with E-state index in [0.717, 1.165) is 75.8 Å². The van der Waals surface area contributed by atoms with E-state index in [0.29, 0.717) is 108 Å². The van der Waals surface area contributed by atoms with Gasteiger partial charge in [0.05, 0.1) is 106 Å². The SMILES string of the molecule is CCc1coc2c1ccc1c2c(-c2ccc[nH]c2=O)c(C(=O)O)n1Cc1ccccc1F.Cc1ccccc1Cn1c(C(=O)O)c(-c2ccc[nH]c2=O)c2c3occc3ccc21.O=C(O)c1c(-c2ccc[nH]c2=O)c2c3c(ccc2n1Cc1cc(F)ccc1F)CCO3.O=C(O)c1c(-c2ccc[nH]c2=O)c2c3ccoc3ccc2n1Cc1cc(F)ccc1F. The molecule has 0 radical (unpaired) electrons. The Balaban J connectivity index is 0.000000117. The van der Waals surface area contributed by atoms with Crippen LogP contribution in [0.25, 0.3) is 121 Å². The van der Waals surface area contributed by atoms with Gasteiger partial charge in [0.15, 0.2) is 0 Å². The van der Waals surface area contributed by atoms with Gasteiger partial charge in [0.1, 0.15) is 74.4 Å². The number of carbonyl (C=O) groups is 4. The fourth-order valence-electron chi connectivity index (χ4n) is 16.6. The molecule has 20 rings (SSSR count). The van der Waals surface area contributed by atoms with E-state index in [9.17, 15) is 80.7 Å². The summed E-state index contributed by atoms with van der Waals surface area (Å²) in [6.45, 7) is 4.31. The van der Waals surface area contributed by atoms with E-state index >= 15 is 0 Å². The molecule has 0 aliphatic carbocycles. The van der Waals surface area contributed by atoms with Crippen LogP contribution in [0.3, 0.4) is 0 Å². The number of aromatic carboxylic acids is 4. The molecule has 1 aliphatic rings. The van der Waals surface area contributed by atoms with Crippen LogP contribution in [0.15, 0.2) is 270 Å². The topological polar surface area (TPSA) is 349 Å². The van der Waals surface area contributed by atoms with Gasteiger partial charge >= 0.3 is 23.9 Å². The molecular formula is C95H67F5N8O16. The number of fused-ring (bicyclic) bond motifs is 12. The first-order valence-corrected chi connectivity index (χ1v) is 38.7. The standard InChI is InChI=1S/C25H19FN2O4.C24H18N2O4.C23H16F2N2O4.C23H14F2N2O4/c1-2-14-13-32-23-16(14)9-10-19-21(23)20(17-7-5-11-27-24(17)29)22(25(30)31)28(19)12-15-6-3-4-8-18(15)26;1-14-5-2-3-6-16(14)13-26-18-9-8-15-10-12-30-22(15)20(18)19(21(26)24(28)29)17-7-4-11-25-23(17)27;24-14-4-5-16(25)13(10-14)11-27-17-6-3-12-7-9-31-21(12)19(17)18(20(27)23(29)30)15-2-1-8-26-22(15)28;24-13-3-4-16(25)12(10-13)11-27-17-5-6-18-14(7-9-31-18)19(17)20(21(27)23(29)30)15-2-1-8-26-22(15)28/h3-11,13H,2,12H2,1H3,(H,27,29)(H,30,31);2-12H,13H2,1H3,(H,25,27)(H,28,29);1-6,8,10H,7,9,11H2,(H,26,28)(H,29,30);1-10H,11H2,(H,26,28)(H,29,30). The number of nitrogens with zero attached hydrogens (tertiary/aromatic N) is 4. The number of halogens is 5. The zero-order chi connectivity index (χ0) is 86.6. The summed E-state index contributed by atoms with van der Waals surface area (Å²) in [5, 5.41) is 45.0. The highest BCUT2D eigenvalue weighted by atomic mass is 19.1. The van der Waals surface area contributed by atoms with Crippen LogP contribution in [-0.2, 0) is 39.0 Å². The van der Waals surface area contributed by atoms with E-state index < -0.39 is 69.6 Å². The lowest BCUT2D eigenvalue weighted by Gasteiger charge is -2.11. The summed E-state index contributed by atoms with van der Waals surface area (Å²) in [6, 6.07) is 50.8. The molecule has 8 aromatic carbocycles. The molecule has 0 unspecified atom stereocenters. The first-order valence-electron chi connectivity index (χ1n) is 38.7. The van der Waals surface area contributed by atoms with E-state index in [1.54, 1.807) is 102 Å². The predicted octanol–water partition coefficient (Wildman–Crippen LogP) is 18.7. The van der Waals surface area contributed by atoms with Crippen molar-refractivity contribution < 1.29 is 79.5 Å². The fraction of sp³-hybridized carbons (Fsp3) is 0.0947. The first kappa shape index (κ1) is 80.1. The minimum Gasteiger partial charge on any atom is -0.492 e. The van der Waals surface area contributed by atoms with E-state index in [2.05, 4.69) is 19.9 Å². The molecular weight excluding hydrogens is 1600 g/mol. The van der Waals surface area contributed by atoms with E-state index in [1.165, 1.54) is 63.0 Å². The van der Waals surface area contributed by atoms with Crippen LogP contribution in [0, 0.1) is 36.0 Å². The third-order valence-electron chi connectivity index (χ3n) is 22.1. The Morgan fingerprint density at radius 1 is 0.395 bits per heavy atom. The third-order valence-corrected chi connectivity index (χ3v) is 22.1. The molecule has 1 aliphatic heterocycles. The first-order chi connectivity index (χ1) is 60.0. The van der Waals surface area contributed by atoms with Crippen molar-refractivity contribution in [3.05, 3.63) is 370 Å². The lowest BCUT2D eigenvalue weighted by atomic mass is 10.0. The number of hydrogen-bond donors (Lipinski definition) is 8. The van der Waals surface area contributed by atoms with Crippen LogP contribution in [0.1, 0.15) is 87.8 Å². The van der Waals surface area contributed by atoms with Gasteiger partial charge in [0.25, 0.3) is 22.2 Å². The predicted molar refractivity (Wildman–Crippen MR) is 454 cm³/mol. The summed E-state index contributed by atoms with van der Waals surface area (Å²) in [6.07, 6.45) is 12.0. The van der Waals surface area contributed by atoms with Crippen molar-refractivity contribution in [3.63, 3.8) is 0 Å². The molecule has 11 aromatic heterocycles. The monoisotopic (exact) mass is 1670 g/mol. The molecule has 0 atom stereocenters. The second-order valence-electron chi connectivity index (χ2n) is 29.2. The number of furan rings is 3. The van der Waals surface area contributed by atoms with Crippen molar-refractivity contribution in [1.29, 1.82) is 0 Å². The van der Waals surface area contributed by atoms with Gasteiger partial charge in [0, 0.05) is 98.2 Å². The summed E-state index contributed by atoms with van der Waals surface area (Å²) in [5.74, 6) is -7.42. The molecule has 0 saturated heterocycles. The minimum absolute atomic E-state index is 0.00524. The molecule has 24 nitrogen and oxygen atoms in total. The summed E-state index contributed by atoms with van der Waals surface area (Å²) < 4.78 is 99.7. The number of nitrogens with one attached hydrogen (secondary N) is 4. The number of carboxylic acid groups (broad SMARTS) is 4. The number of aromatic nitrogens is 8. The molecule has 0 fully saturated rings. The maximum atomic E-state index is 14.5. The lowest BCUT2D eigenvalue weighted by molar-refractivity contribution is 0.0676. The van der Waals surface area contributed by atoms with Crippen LogP contribution in [0.5, 0.6) is 5.75 Å². The molecule has 19 aromatic rings. The number of benzene rings is 8. The van der Waals surface area contributed by atoms with E-state index in [1.807, 2.05) is 68.4 Å². The minimum atomic E-state index is -1.30. The van der Waals surface area contributed by atoms with Gasteiger partial charge in [-0.1, -0.05) is 55.5 Å². The van der Waals surface area contributed by atoms with E-state index in [4.69, 9.17) is 18.0 Å². The number of ether oxygens (including phenoxy) is 1. The average Bonchev–Trinajstić information content (AvgIpc) is 1.54. The molecule has 124 heavy (non-hydrogen) atoms. The Morgan fingerprint density at radius 3 is 1.33 bits per heavy atom. The van der Waals surface area contributed by atoms with Gasteiger partial charge in [-0.15, -0.1) is 0 Å². The molecule has 0 bridgehead atoms. The van der Waals surface area contributed by atoms with E-state index in [-0.39, 0.29) is 92.5 Å². The smallest absolute Gasteiger partial charge is 0.353 e. The number of carboxylic acids is 4. The zero-order valence-electron chi connectivity index (χ0n) is 65.3. The van der Waals surface area contributed by atoms with Crippen molar-refractivity contribution in [3.8, 4) is 50.3 Å². The van der Waals surface area contributed by atoms with Crippen molar-refractivity contribution in [2.24, 2.45) is 0 Å². The van der Waals surface area contributed by atoms with Gasteiger partial charge in [-0.2, -0.15) is 0 Å². The van der Waals surface area contributed by atoms with Crippen LogP contribution in [0.2, 0.25) is 0 Å². The maximum Gasteiger partial charge on any atom is 0.353 e.